The molecule has 0 saturated carbocycles. The summed E-state index contributed by atoms with van der Waals surface area (Å²) in [6, 6.07) is 21.6. The predicted octanol–water partition coefficient (Wildman–Crippen LogP) is 5.73. The number of hydrogen-bond donors (Lipinski definition) is 1. The van der Waals surface area contributed by atoms with Gasteiger partial charge in [0.05, 0.1) is 11.9 Å². The zero-order valence-corrected chi connectivity index (χ0v) is 26.1. The van der Waals surface area contributed by atoms with Crippen LogP contribution in [0.1, 0.15) is 36.5 Å². The van der Waals surface area contributed by atoms with Gasteiger partial charge in [0, 0.05) is 42.0 Å². The fourth-order valence-electron chi connectivity index (χ4n) is 4.51. The molecular weight excluding hydrogens is 614 g/mol. The van der Waals surface area contributed by atoms with Crippen molar-refractivity contribution in [1.82, 2.24) is 10.2 Å². The largest absolute Gasteiger partial charge is 0.355 e. The van der Waals surface area contributed by atoms with Gasteiger partial charge in [0.1, 0.15) is 6.04 Å². The average molecular weight is 649 g/mol. The molecule has 10 heteroatoms. The summed E-state index contributed by atoms with van der Waals surface area (Å²) in [6.07, 6.45) is 1.81. The lowest BCUT2D eigenvalue weighted by Crippen LogP contribution is -2.50. The smallest absolute Gasteiger partial charge is 0.243 e. The quantitative estimate of drug-likeness (QED) is 0.256. The Bertz CT molecular complexity index is 1420. The van der Waals surface area contributed by atoms with Crippen molar-refractivity contribution < 1.29 is 18.0 Å². The predicted molar refractivity (Wildman–Crippen MR) is 165 cm³/mol. The van der Waals surface area contributed by atoms with Crippen LogP contribution in [-0.4, -0.2) is 50.5 Å². The lowest BCUT2D eigenvalue weighted by atomic mass is 10.0. The number of anilines is 1. The Labute approximate surface area is 250 Å². The van der Waals surface area contributed by atoms with E-state index < -0.39 is 16.1 Å². The van der Waals surface area contributed by atoms with Crippen LogP contribution in [0.4, 0.5) is 5.69 Å². The number of carbonyl (C=O) groups is 2. The van der Waals surface area contributed by atoms with Gasteiger partial charge in [-0.05, 0) is 61.2 Å². The number of hydrogen-bond acceptors (Lipinski definition) is 4. The number of rotatable bonds is 13. The first-order valence-electron chi connectivity index (χ1n) is 13.1. The van der Waals surface area contributed by atoms with Crippen molar-refractivity contribution >= 4 is 55.1 Å². The van der Waals surface area contributed by atoms with E-state index in [4.69, 9.17) is 11.6 Å². The van der Waals surface area contributed by atoms with E-state index >= 15 is 0 Å². The third-order valence-electron chi connectivity index (χ3n) is 6.46. The van der Waals surface area contributed by atoms with Crippen molar-refractivity contribution in [3.8, 4) is 0 Å². The minimum Gasteiger partial charge on any atom is -0.355 e. The number of nitrogens with one attached hydrogen (secondary N) is 1. The van der Waals surface area contributed by atoms with Gasteiger partial charge in [-0.25, -0.2) is 8.42 Å². The lowest BCUT2D eigenvalue weighted by molar-refractivity contribution is -0.141. The number of sulfonamides is 1. The molecule has 0 bridgehead atoms. The number of likely N-dealkylation sites (N-methyl/N-ethyl adjacent to an activating group) is 1. The SMILES string of the molecule is CCNC(=O)[C@H](Cc1ccccc1)N(Cc1cccc(Br)c1)C(=O)CCCN(c1cc(Cl)ccc1C)S(C)(=O)=O. The number of halogens is 2. The third-order valence-corrected chi connectivity index (χ3v) is 8.36. The van der Waals surface area contributed by atoms with E-state index in [1.165, 1.54) is 4.31 Å². The van der Waals surface area contributed by atoms with Crippen molar-refractivity contribution in [3.05, 3.63) is 99.0 Å². The van der Waals surface area contributed by atoms with Crippen molar-refractivity contribution in [3.63, 3.8) is 0 Å². The zero-order valence-electron chi connectivity index (χ0n) is 22.9. The highest BCUT2D eigenvalue weighted by Gasteiger charge is 2.30. The van der Waals surface area contributed by atoms with E-state index in [1.54, 1.807) is 23.1 Å². The maximum atomic E-state index is 13.8. The Hall–Kier alpha value is -2.88. The number of amides is 2. The summed E-state index contributed by atoms with van der Waals surface area (Å²) >= 11 is 9.65. The van der Waals surface area contributed by atoms with Gasteiger partial charge in [0.15, 0.2) is 0 Å². The van der Waals surface area contributed by atoms with E-state index in [9.17, 15) is 18.0 Å². The molecule has 0 aliphatic heterocycles. The molecule has 0 fully saturated rings. The molecule has 0 heterocycles. The third kappa shape index (κ3) is 9.08. The molecule has 1 atom stereocenters. The van der Waals surface area contributed by atoms with E-state index in [1.807, 2.05) is 68.4 Å². The molecule has 2 amide bonds. The highest BCUT2D eigenvalue weighted by molar-refractivity contribution is 9.10. The molecule has 0 spiro atoms. The van der Waals surface area contributed by atoms with Crippen LogP contribution >= 0.6 is 27.5 Å². The van der Waals surface area contributed by atoms with Crippen LogP contribution in [0.5, 0.6) is 0 Å². The first-order valence-corrected chi connectivity index (χ1v) is 16.1. The summed E-state index contributed by atoms with van der Waals surface area (Å²) in [5.74, 6) is -0.467. The summed E-state index contributed by atoms with van der Waals surface area (Å²) in [5.41, 5.74) is 3.05. The van der Waals surface area contributed by atoms with Gasteiger partial charge in [-0.15, -0.1) is 0 Å². The fourth-order valence-corrected chi connectivity index (χ4v) is 6.14. The van der Waals surface area contributed by atoms with Gasteiger partial charge in [-0.3, -0.25) is 13.9 Å². The van der Waals surface area contributed by atoms with Crippen molar-refractivity contribution in [2.45, 2.75) is 45.7 Å². The van der Waals surface area contributed by atoms with Gasteiger partial charge in [0.2, 0.25) is 21.8 Å². The van der Waals surface area contributed by atoms with Gasteiger partial charge in [-0.1, -0.05) is 76.1 Å². The van der Waals surface area contributed by atoms with Crippen LogP contribution < -0.4 is 9.62 Å². The Kier molecular flexibility index (Phi) is 11.6. The minimum atomic E-state index is -3.63. The molecule has 214 valence electrons. The van der Waals surface area contributed by atoms with E-state index in [0.717, 1.165) is 27.4 Å². The van der Waals surface area contributed by atoms with Crippen LogP contribution in [0.3, 0.4) is 0 Å². The monoisotopic (exact) mass is 647 g/mol. The molecule has 40 heavy (non-hydrogen) atoms. The molecule has 3 rings (SSSR count). The molecule has 1 N–H and O–H groups in total. The van der Waals surface area contributed by atoms with Crippen LogP contribution in [0.15, 0.2) is 77.3 Å². The molecule has 0 aliphatic rings. The molecule has 0 radical (unpaired) electrons. The summed E-state index contributed by atoms with van der Waals surface area (Å²) in [5, 5.41) is 3.31. The molecule has 0 aliphatic carbocycles. The van der Waals surface area contributed by atoms with Crippen LogP contribution in [0, 0.1) is 6.92 Å². The fraction of sp³-hybridized carbons (Fsp3) is 0.333. The second-order valence-corrected chi connectivity index (χ2v) is 12.9. The van der Waals surface area contributed by atoms with Crippen LogP contribution in [0.2, 0.25) is 5.02 Å². The van der Waals surface area contributed by atoms with Crippen molar-refractivity contribution in [1.29, 1.82) is 0 Å². The second kappa shape index (κ2) is 14.7. The Morgan fingerprint density at radius 1 is 1.00 bits per heavy atom. The zero-order chi connectivity index (χ0) is 29.3. The first kappa shape index (κ1) is 31.6. The topological polar surface area (TPSA) is 86.8 Å². The molecule has 3 aromatic rings. The van der Waals surface area contributed by atoms with Gasteiger partial charge in [0.25, 0.3) is 0 Å². The normalized spacial score (nSPS) is 12.0. The maximum Gasteiger partial charge on any atom is 0.243 e. The number of nitrogens with zero attached hydrogens (tertiary/aromatic N) is 2. The number of aryl methyl sites for hydroxylation is 1. The van der Waals surface area contributed by atoms with Crippen LogP contribution in [0.25, 0.3) is 0 Å². The molecule has 0 saturated heterocycles. The number of benzene rings is 3. The molecule has 0 unspecified atom stereocenters. The van der Waals surface area contributed by atoms with Gasteiger partial charge >= 0.3 is 0 Å². The lowest BCUT2D eigenvalue weighted by Gasteiger charge is -2.32. The Morgan fingerprint density at radius 2 is 1.70 bits per heavy atom. The van der Waals surface area contributed by atoms with Crippen LogP contribution in [-0.2, 0) is 32.6 Å². The average Bonchev–Trinajstić information content (AvgIpc) is 2.90. The highest BCUT2D eigenvalue weighted by atomic mass is 79.9. The van der Waals surface area contributed by atoms with E-state index in [2.05, 4.69) is 21.2 Å². The molecule has 0 aromatic heterocycles. The molecular formula is C30H35BrClN3O4S. The summed E-state index contributed by atoms with van der Waals surface area (Å²) < 4.78 is 27.5. The molecule has 3 aromatic carbocycles. The summed E-state index contributed by atoms with van der Waals surface area (Å²) in [6.45, 7) is 4.42. The van der Waals surface area contributed by atoms with Gasteiger partial charge in [-0.2, -0.15) is 0 Å². The standard InChI is InChI=1S/C30H35BrClN3O4S/c1-4-33-30(37)28(19-23-10-6-5-7-11-23)34(21-24-12-8-13-25(31)18-24)29(36)14-9-17-35(40(3,38)39)27-20-26(32)16-15-22(27)2/h5-8,10-13,15-16,18,20,28H,4,9,14,17,19,21H2,1-3H3,(H,33,37)/t28-/m0/s1. The Balaban J connectivity index is 1.88. The highest BCUT2D eigenvalue weighted by Crippen LogP contribution is 2.27. The van der Waals surface area contributed by atoms with E-state index in [-0.39, 0.29) is 37.7 Å². The Morgan fingerprint density at radius 3 is 2.35 bits per heavy atom. The maximum absolute atomic E-state index is 13.8. The van der Waals surface area contributed by atoms with Crippen molar-refractivity contribution in [2.75, 3.05) is 23.7 Å². The number of carbonyl (C=O) groups excluding carboxylic acids is 2. The second-order valence-electron chi connectivity index (χ2n) is 9.62. The van der Waals surface area contributed by atoms with E-state index in [0.29, 0.717) is 23.7 Å². The molecule has 7 nitrogen and oxygen atoms in total. The summed E-state index contributed by atoms with van der Waals surface area (Å²) in [4.78, 5) is 28.7. The first-order chi connectivity index (χ1) is 19.0. The summed E-state index contributed by atoms with van der Waals surface area (Å²) in [7, 11) is -3.63. The van der Waals surface area contributed by atoms with Crippen molar-refractivity contribution in [2.24, 2.45) is 0 Å². The minimum absolute atomic E-state index is 0.0599. The van der Waals surface area contributed by atoms with Gasteiger partial charge < -0.3 is 10.2 Å².